The minimum atomic E-state index is 0.529. The number of ether oxygens (including phenoxy) is 1. The third-order valence-corrected chi connectivity index (χ3v) is 2.83. The van der Waals surface area contributed by atoms with Crippen LogP contribution in [0.2, 0.25) is 5.02 Å². The predicted molar refractivity (Wildman–Crippen MR) is 70.4 cm³/mol. The van der Waals surface area contributed by atoms with Crippen LogP contribution in [0.5, 0.6) is 11.5 Å². The molecule has 0 fully saturated rings. The average Bonchev–Trinajstić information content (AvgIpc) is 2.31. The first kappa shape index (κ1) is 12.0. The lowest BCUT2D eigenvalue weighted by atomic mass is 10.2. The van der Waals surface area contributed by atoms with E-state index in [1.807, 2.05) is 12.1 Å². The fraction of sp³-hybridized carbons (Fsp3) is 0. The second-order valence-electron chi connectivity index (χ2n) is 3.32. The maximum absolute atomic E-state index is 8.85. The van der Waals surface area contributed by atoms with E-state index in [9.17, 15) is 0 Å². The number of rotatable bonds is 2. The standard InChI is InChI=1S/C13H7BrClNO/c14-10-5-9(8-16)6-11(7-10)17-13-4-2-1-3-12(13)15/h1-7H. The molecule has 0 radical (unpaired) electrons. The molecule has 0 aliphatic carbocycles. The van der Waals surface area contributed by atoms with Gasteiger partial charge in [-0.15, -0.1) is 0 Å². The van der Waals surface area contributed by atoms with E-state index in [1.54, 1.807) is 30.3 Å². The SMILES string of the molecule is N#Cc1cc(Br)cc(Oc2ccccc2Cl)c1. The lowest BCUT2D eigenvalue weighted by Gasteiger charge is -2.07. The maximum Gasteiger partial charge on any atom is 0.146 e. The number of nitrogens with zero attached hydrogens (tertiary/aromatic N) is 1. The van der Waals surface area contributed by atoms with Crippen molar-refractivity contribution in [2.24, 2.45) is 0 Å². The Balaban J connectivity index is 2.34. The molecule has 0 aliphatic heterocycles. The normalized spacial score (nSPS) is 9.71. The summed E-state index contributed by atoms with van der Waals surface area (Å²) in [6.45, 7) is 0. The minimum absolute atomic E-state index is 0.529. The smallest absolute Gasteiger partial charge is 0.146 e. The Bertz CT molecular complexity index is 592. The zero-order valence-electron chi connectivity index (χ0n) is 8.65. The molecule has 0 amide bonds. The van der Waals surface area contributed by atoms with Crippen LogP contribution in [0, 0.1) is 11.3 Å². The first-order valence-corrected chi connectivity index (χ1v) is 5.99. The van der Waals surface area contributed by atoms with Gasteiger partial charge in [-0.25, -0.2) is 0 Å². The molecule has 2 nitrogen and oxygen atoms in total. The summed E-state index contributed by atoms with van der Waals surface area (Å²) in [6, 6.07) is 14.4. The second-order valence-corrected chi connectivity index (χ2v) is 4.64. The molecular formula is C13H7BrClNO. The Morgan fingerprint density at radius 3 is 2.65 bits per heavy atom. The molecule has 84 valence electrons. The monoisotopic (exact) mass is 307 g/mol. The van der Waals surface area contributed by atoms with Gasteiger partial charge < -0.3 is 4.74 Å². The van der Waals surface area contributed by atoms with E-state index in [0.29, 0.717) is 22.1 Å². The molecule has 0 bridgehead atoms. The first-order valence-electron chi connectivity index (χ1n) is 4.82. The summed E-state index contributed by atoms with van der Waals surface area (Å²) in [5.74, 6) is 1.14. The Morgan fingerprint density at radius 1 is 1.18 bits per heavy atom. The van der Waals surface area contributed by atoms with Crippen LogP contribution in [0.25, 0.3) is 0 Å². The van der Waals surface area contributed by atoms with E-state index >= 15 is 0 Å². The number of benzene rings is 2. The summed E-state index contributed by atoms with van der Waals surface area (Å²) in [6.07, 6.45) is 0. The number of para-hydroxylation sites is 1. The van der Waals surface area contributed by atoms with Gasteiger partial charge in [-0.2, -0.15) is 5.26 Å². The average molecular weight is 309 g/mol. The van der Waals surface area contributed by atoms with Crippen LogP contribution in [-0.2, 0) is 0 Å². The Kier molecular flexibility index (Phi) is 3.68. The molecule has 0 heterocycles. The molecule has 0 aromatic heterocycles. The van der Waals surface area contributed by atoms with Gasteiger partial charge >= 0.3 is 0 Å². The molecule has 2 aromatic carbocycles. The van der Waals surface area contributed by atoms with Crippen LogP contribution in [0.15, 0.2) is 46.9 Å². The number of halogens is 2. The molecule has 0 spiro atoms. The van der Waals surface area contributed by atoms with E-state index in [2.05, 4.69) is 22.0 Å². The van der Waals surface area contributed by atoms with Crippen LogP contribution < -0.4 is 4.74 Å². The molecule has 0 saturated heterocycles. The Labute approximate surface area is 113 Å². The lowest BCUT2D eigenvalue weighted by molar-refractivity contribution is 0.482. The van der Waals surface area contributed by atoms with E-state index in [0.717, 1.165) is 4.47 Å². The highest BCUT2D eigenvalue weighted by atomic mass is 79.9. The number of hydrogen-bond acceptors (Lipinski definition) is 2. The second kappa shape index (κ2) is 5.22. The van der Waals surface area contributed by atoms with Gasteiger partial charge in [0.05, 0.1) is 16.7 Å². The fourth-order valence-corrected chi connectivity index (χ4v) is 1.99. The van der Waals surface area contributed by atoms with Crippen LogP contribution in [0.3, 0.4) is 0 Å². The summed E-state index contributed by atoms with van der Waals surface area (Å²) >= 11 is 9.31. The largest absolute Gasteiger partial charge is 0.456 e. The van der Waals surface area contributed by atoms with E-state index in [4.69, 9.17) is 21.6 Å². The van der Waals surface area contributed by atoms with Crippen molar-refractivity contribution in [3.05, 3.63) is 57.5 Å². The highest BCUT2D eigenvalue weighted by Gasteiger charge is 2.04. The third-order valence-electron chi connectivity index (χ3n) is 2.06. The van der Waals surface area contributed by atoms with Crippen molar-refractivity contribution in [1.82, 2.24) is 0 Å². The van der Waals surface area contributed by atoms with Gasteiger partial charge in [-0.05, 0) is 30.3 Å². The molecule has 0 saturated carbocycles. The molecule has 2 aromatic rings. The maximum atomic E-state index is 8.85. The first-order chi connectivity index (χ1) is 8.19. The zero-order chi connectivity index (χ0) is 12.3. The van der Waals surface area contributed by atoms with Gasteiger partial charge in [0, 0.05) is 4.47 Å². The summed E-state index contributed by atoms with van der Waals surface area (Å²) in [5, 5.41) is 9.39. The Hall–Kier alpha value is -1.50. The highest BCUT2D eigenvalue weighted by Crippen LogP contribution is 2.30. The molecule has 2 rings (SSSR count). The van der Waals surface area contributed by atoms with Crippen molar-refractivity contribution in [1.29, 1.82) is 5.26 Å². The summed E-state index contributed by atoms with van der Waals surface area (Å²) < 4.78 is 6.41. The van der Waals surface area contributed by atoms with Crippen LogP contribution in [0.4, 0.5) is 0 Å². The molecule has 0 N–H and O–H groups in total. The van der Waals surface area contributed by atoms with Gasteiger partial charge in [0.25, 0.3) is 0 Å². The van der Waals surface area contributed by atoms with Gasteiger partial charge in [0.15, 0.2) is 0 Å². The summed E-state index contributed by atoms with van der Waals surface area (Å²) in [5.41, 5.74) is 0.529. The third kappa shape index (κ3) is 3.00. The van der Waals surface area contributed by atoms with Crippen molar-refractivity contribution < 1.29 is 4.74 Å². The zero-order valence-corrected chi connectivity index (χ0v) is 11.0. The molecule has 0 unspecified atom stereocenters. The van der Waals surface area contributed by atoms with Crippen molar-refractivity contribution in [3.63, 3.8) is 0 Å². The number of hydrogen-bond donors (Lipinski definition) is 0. The van der Waals surface area contributed by atoms with Crippen molar-refractivity contribution in [2.75, 3.05) is 0 Å². The van der Waals surface area contributed by atoms with Gasteiger partial charge in [-0.3, -0.25) is 0 Å². The summed E-state index contributed by atoms with van der Waals surface area (Å²) in [7, 11) is 0. The van der Waals surface area contributed by atoms with E-state index in [-0.39, 0.29) is 0 Å². The minimum Gasteiger partial charge on any atom is -0.456 e. The van der Waals surface area contributed by atoms with Crippen molar-refractivity contribution in [2.45, 2.75) is 0 Å². The van der Waals surface area contributed by atoms with E-state index in [1.165, 1.54) is 0 Å². The predicted octanol–water partition coefficient (Wildman–Crippen LogP) is 4.77. The molecular weight excluding hydrogens is 302 g/mol. The topological polar surface area (TPSA) is 33.0 Å². The molecule has 0 atom stereocenters. The highest BCUT2D eigenvalue weighted by molar-refractivity contribution is 9.10. The summed E-state index contributed by atoms with van der Waals surface area (Å²) in [4.78, 5) is 0. The lowest BCUT2D eigenvalue weighted by Crippen LogP contribution is -1.86. The number of nitriles is 1. The molecule has 17 heavy (non-hydrogen) atoms. The molecule has 4 heteroatoms. The van der Waals surface area contributed by atoms with Crippen LogP contribution in [-0.4, -0.2) is 0 Å². The van der Waals surface area contributed by atoms with E-state index < -0.39 is 0 Å². The van der Waals surface area contributed by atoms with Crippen molar-refractivity contribution in [3.8, 4) is 17.6 Å². The fourth-order valence-electron chi connectivity index (χ4n) is 1.34. The van der Waals surface area contributed by atoms with Crippen LogP contribution >= 0.6 is 27.5 Å². The Morgan fingerprint density at radius 2 is 1.94 bits per heavy atom. The van der Waals surface area contributed by atoms with Crippen molar-refractivity contribution >= 4 is 27.5 Å². The van der Waals surface area contributed by atoms with Crippen LogP contribution in [0.1, 0.15) is 5.56 Å². The van der Waals surface area contributed by atoms with Gasteiger partial charge in [0.2, 0.25) is 0 Å². The van der Waals surface area contributed by atoms with Gasteiger partial charge in [0.1, 0.15) is 11.5 Å². The quantitative estimate of drug-likeness (QED) is 0.801. The molecule has 0 aliphatic rings. The van der Waals surface area contributed by atoms with Gasteiger partial charge in [-0.1, -0.05) is 39.7 Å².